The van der Waals surface area contributed by atoms with Crippen LogP contribution in [-0.2, 0) is 14.3 Å². The molecule has 0 unspecified atom stereocenters. The van der Waals surface area contributed by atoms with Crippen LogP contribution in [0.4, 0.5) is 0 Å². The van der Waals surface area contributed by atoms with E-state index < -0.39 is 11.8 Å². The van der Waals surface area contributed by atoms with Crippen molar-refractivity contribution in [2.24, 2.45) is 0 Å². The van der Waals surface area contributed by atoms with Gasteiger partial charge in [0.2, 0.25) is 0 Å². The van der Waals surface area contributed by atoms with Gasteiger partial charge in [0.05, 0.1) is 0 Å². The third kappa shape index (κ3) is 7.27. The average molecular weight is 258 g/mol. The lowest BCUT2D eigenvalue weighted by atomic mass is 10.3. The van der Waals surface area contributed by atoms with E-state index in [2.05, 4.69) is 12.2 Å². The Kier molecular flexibility index (Phi) is 10.3. The van der Waals surface area contributed by atoms with Crippen LogP contribution >= 0.6 is 0 Å². The summed E-state index contributed by atoms with van der Waals surface area (Å²) in [4.78, 5) is 24.6. The van der Waals surface area contributed by atoms with Crippen LogP contribution in [-0.4, -0.2) is 49.6 Å². The Morgan fingerprint density at radius 2 is 1.67 bits per heavy atom. The molecule has 0 aromatic heterocycles. The van der Waals surface area contributed by atoms with Crippen LogP contribution in [0.25, 0.3) is 0 Å². The number of likely N-dealkylation sites (N-methyl/N-ethyl adjacent to an activating group) is 1. The molecule has 5 nitrogen and oxygen atoms in total. The maximum atomic E-state index is 11.6. The fourth-order valence-corrected chi connectivity index (χ4v) is 1.45. The normalized spacial score (nSPS) is 10.2. The van der Waals surface area contributed by atoms with Crippen molar-refractivity contribution in [3.05, 3.63) is 0 Å². The summed E-state index contributed by atoms with van der Waals surface area (Å²) in [6.07, 6.45) is 2.92. The van der Waals surface area contributed by atoms with Crippen molar-refractivity contribution in [1.29, 1.82) is 0 Å². The van der Waals surface area contributed by atoms with Crippen LogP contribution in [0.1, 0.15) is 40.0 Å². The van der Waals surface area contributed by atoms with E-state index in [1.165, 1.54) is 4.90 Å². The van der Waals surface area contributed by atoms with Crippen molar-refractivity contribution in [2.45, 2.75) is 40.0 Å². The van der Waals surface area contributed by atoms with Crippen LogP contribution in [0.5, 0.6) is 0 Å². The number of unbranched alkanes of at least 4 members (excludes halogenated alkanes) is 1. The summed E-state index contributed by atoms with van der Waals surface area (Å²) >= 11 is 0. The Morgan fingerprint density at radius 1 is 1.06 bits per heavy atom. The predicted octanol–water partition coefficient (Wildman–Crippen LogP) is 1.18. The lowest BCUT2D eigenvalue weighted by molar-refractivity contribution is -0.145. The summed E-state index contributed by atoms with van der Waals surface area (Å²) < 4.78 is 5.36. The van der Waals surface area contributed by atoms with Gasteiger partial charge in [-0.2, -0.15) is 0 Å². The van der Waals surface area contributed by atoms with E-state index in [0.29, 0.717) is 26.2 Å². The van der Waals surface area contributed by atoms with Gasteiger partial charge >= 0.3 is 11.8 Å². The first-order chi connectivity index (χ1) is 8.67. The standard InChI is InChI=1S/C13H26N2O3/c1-4-7-10-18-11-8-9-14-12(16)13(17)15(5-2)6-3/h4-11H2,1-3H3,(H,14,16). The molecule has 0 fully saturated rings. The number of carbonyl (C=O) groups is 2. The molecule has 0 saturated carbocycles. The van der Waals surface area contributed by atoms with Gasteiger partial charge in [0, 0.05) is 32.8 Å². The largest absolute Gasteiger partial charge is 0.381 e. The number of rotatable bonds is 9. The fraction of sp³-hybridized carbons (Fsp3) is 0.846. The molecule has 0 heterocycles. The van der Waals surface area contributed by atoms with E-state index in [4.69, 9.17) is 4.74 Å². The lowest BCUT2D eigenvalue weighted by Gasteiger charge is -2.17. The molecule has 0 radical (unpaired) electrons. The molecule has 0 aliphatic rings. The molecule has 0 aromatic carbocycles. The molecule has 0 atom stereocenters. The van der Waals surface area contributed by atoms with Crippen molar-refractivity contribution in [1.82, 2.24) is 10.2 Å². The maximum Gasteiger partial charge on any atom is 0.311 e. The van der Waals surface area contributed by atoms with Gasteiger partial charge in [-0.05, 0) is 26.7 Å². The number of hydrogen-bond acceptors (Lipinski definition) is 3. The van der Waals surface area contributed by atoms with Crippen molar-refractivity contribution in [2.75, 3.05) is 32.8 Å². The number of nitrogens with zero attached hydrogens (tertiary/aromatic N) is 1. The zero-order chi connectivity index (χ0) is 13.8. The summed E-state index contributed by atoms with van der Waals surface area (Å²) in [5, 5.41) is 2.61. The van der Waals surface area contributed by atoms with Crippen molar-refractivity contribution >= 4 is 11.8 Å². The zero-order valence-electron chi connectivity index (χ0n) is 11.8. The third-order valence-electron chi connectivity index (χ3n) is 2.64. The molecule has 18 heavy (non-hydrogen) atoms. The minimum atomic E-state index is -0.521. The zero-order valence-corrected chi connectivity index (χ0v) is 11.8. The first-order valence-electron chi connectivity index (χ1n) is 6.82. The van der Waals surface area contributed by atoms with Gasteiger partial charge in [-0.1, -0.05) is 13.3 Å². The molecule has 0 aliphatic heterocycles. The van der Waals surface area contributed by atoms with Gasteiger partial charge in [-0.25, -0.2) is 0 Å². The second kappa shape index (κ2) is 11.0. The van der Waals surface area contributed by atoms with Crippen LogP contribution in [0.2, 0.25) is 0 Å². The molecule has 0 rings (SSSR count). The molecule has 0 aliphatic carbocycles. The Labute approximate surface area is 110 Å². The van der Waals surface area contributed by atoms with Gasteiger partial charge in [0.15, 0.2) is 0 Å². The molecular weight excluding hydrogens is 232 g/mol. The van der Waals surface area contributed by atoms with Gasteiger partial charge in [0.1, 0.15) is 0 Å². The molecule has 0 bridgehead atoms. The minimum Gasteiger partial charge on any atom is -0.381 e. The summed E-state index contributed by atoms with van der Waals surface area (Å²) in [7, 11) is 0. The topological polar surface area (TPSA) is 58.6 Å². The Hall–Kier alpha value is -1.10. The molecule has 1 N–H and O–H groups in total. The number of nitrogens with one attached hydrogen (secondary N) is 1. The first-order valence-corrected chi connectivity index (χ1v) is 6.82. The van der Waals surface area contributed by atoms with E-state index in [1.54, 1.807) is 0 Å². The van der Waals surface area contributed by atoms with E-state index >= 15 is 0 Å². The van der Waals surface area contributed by atoms with Gasteiger partial charge in [-0.15, -0.1) is 0 Å². The molecule has 2 amide bonds. The second-order valence-corrected chi connectivity index (χ2v) is 4.05. The van der Waals surface area contributed by atoms with Crippen LogP contribution in [0.3, 0.4) is 0 Å². The Bertz CT molecular complexity index is 240. The summed E-state index contributed by atoms with van der Waals surface area (Å²) in [5.41, 5.74) is 0. The first kappa shape index (κ1) is 16.9. The van der Waals surface area contributed by atoms with E-state index in [9.17, 15) is 9.59 Å². The molecular formula is C13H26N2O3. The minimum absolute atomic E-state index is 0.452. The second-order valence-electron chi connectivity index (χ2n) is 4.05. The molecule has 0 spiro atoms. The van der Waals surface area contributed by atoms with Crippen molar-refractivity contribution in [3.8, 4) is 0 Å². The molecule has 5 heteroatoms. The highest BCUT2D eigenvalue weighted by Crippen LogP contribution is 1.91. The average Bonchev–Trinajstić information content (AvgIpc) is 2.38. The lowest BCUT2D eigenvalue weighted by Crippen LogP contribution is -2.43. The third-order valence-corrected chi connectivity index (χ3v) is 2.64. The summed E-state index contributed by atoms with van der Waals surface area (Å²) in [6, 6.07) is 0. The number of carbonyl (C=O) groups excluding carboxylic acids is 2. The highest BCUT2D eigenvalue weighted by molar-refractivity contribution is 6.34. The van der Waals surface area contributed by atoms with Crippen LogP contribution in [0.15, 0.2) is 0 Å². The van der Waals surface area contributed by atoms with Crippen molar-refractivity contribution < 1.29 is 14.3 Å². The highest BCUT2D eigenvalue weighted by Gasteiger charge is 2.18. The van der Waals surface area contributed by atoms with Crippen molar-refractivity contribution in [3.63, 3.8) is 0 Å². The predicted molar refractivity (Wildman–Crippen MR) is 71.3 cm³/mol. The number of ether oxygens (including phenoxy) is 1. The van der Waals surface area contributed by atoms with E-state index in [-0.39, 0.29) is 0 Å². The van der Waals surface area contributed by atoms with E-state index in [1.807, 2.05) is 13.8 Å². The van der Waals surface area contributed by atoms with Gasteiger partial charge in [-0.3, -0.25) is 9.59 Å². The van der Waals surface area contributed by atoms with E-state index in [0.717, 1.165) is 25.9 Å². The Morgan fingerprint density at radius 3 is 2.22 bits per heavy atom. The summed E-state index contributed by atoms with van der Waals surface area (Å²) in [5.74, 6) is -0.973. The van der Waals surface area contributed by atoms with Crippen LogP contribution < -0.4 is 5.32 Å². The summed E-state index contributed by atoms with van der Waals surface area (Å²) in [6.45, 7) is 8.82. The highest BCUT2D eigenvalue weighted by atomic mass is 16.5. The molecule has 106 valence electrons. The molecule has 0 aromatic rings. The maximum absolute atomic E-state index is 11.6. The number of amides is 2. The van der Waals surface area contributed by atoms with Crippen LogP contribution in [0, 0.1) is 0 Å². The fourth-order valence-electron chi connectivity index (χ4n) is 1.45. The molecule has 0 saturated heterocycles. The van der Waals surface area contributed by atoms with Gasteiger partial charge in [0.25, 0.3) is 0 Å². The monoisotopic (exact) mass is 258 g/mol. The van der Waals surface area contributed by atoms with Gasteiger partial charge < -0.3 is 15.0 Å². The quantitative estimate of drug-likeness (QED) is 0.499. The SMILES string of the molecule is CCCCOCCCNC(=O)C(=O)N(CC)CC. The number of hydrogen-bond donors (Lipinski definition) is 1. The Balaban J connectivity index is 3.61. The smallest absolute Gasteiger partial charge is 0.311 e.